The summed E-state index contributed by atoms with van der Waals surface area (Å²) in [6, 6.07) is 0. The number of carboxylic acid groups (broad SMARTS) is 1. The highest BCUT2D eigenvalue weighted by atomic mass is 19.4. The minimum absolute atomic E-state index is 0.00755. The maximum absolute atomic E-state index is 10.6. The quantitative estimate of drug-likeness (QED) is 0.779. The van der Waals surface area contributed by atoms with Crippen molar-refractivity contribution in [1.82, 2.24) is 10.1 Å². The van der Waals surface area contributed by atoms with Crippen LogP contribution in [0.4, 0.5) is 13.2 Å². The van der Waals surface area contributed by atoms with Gasteiger partial charge < -0.3 is 19.1 Å². The Morgan fingerprint density at radius 1 is 1.41 bits per heavy atom. The summed E-state index contributed by atoms with van der Waals surface area (Å²) in [5.41, 5.74) is 2.23. The van der Waals surface area contributed by atoms with Crippen molar-refractivity contribution in [2.45, 2.75) is 58.4 Å². The van der Waals surface area contributed by atoms with E-state index in [4.69, 9.17) is 23.9 Å². The van der Waals surface area contributed by atoms with Crippen LogP contribution in [0.5, 0.6) is 0 Å². The number of alkyl halides is 3. The van der Waals surface area contributed by atoms with Crippen molar-refractivity contribution in [2.75, 3.05) is 32.9 Å². The number of aromatic nitrogens is 1. The average molecular weight is 422 g/mol. The van der Waals surface area contributed by atoms with E-state index >= 15 is 0 Å². The zero-order valence-corrected chi connectivity index (χ0v) is 17.0. The number of aliphatic carboxylic acids is 1. The second-order valence-corrected chi connectivity index (χ2v) is 7.48. The predicted molar refractivity (Wildman–Crippen MR) is 97.5 cm³/mol. The van der Waals surface area contributed by atoms with Crippen LogP contribution in [0, 0.1) is 19.8 Å². The van der Waals surface area contributed by atoms with Gasteiger partial charge in [0, 0.05) is 37.7 Å². The minimum Gasteiger partial charge on any atom is -0.475 e. The molecule has 1 saturated heterocycles. The van der Waals surface area contributed by atoms with Crippen molar-refractivity contribution in [3.8, 4) is 0 Å². The van der Waals surface area contributed by atoms with Crippen LogP contribution in [-0.4, -0.2) is 65.8 Å². The molecule has 2 atom stereocenters. The number of hydrogen-bond donors (Lipinski definition) is 1. The monoisotopic (exact) mass is 422 g/mol. The van der Waals surface area contributed by atoms with Gasteiger partial charge >= 0.3 is 12.1 Å². The molecule has 1 saturated carbocycles. The predicted octanol–water partition coefficient (Wildman–Crippen LogP) is 3.33. The molecule has 1 aromatic heterocycles. The molecule has 29 heavy (non-hydrogen) atoms. The molecule has 0 aromatic carbocycles. The first kappa shape index (κ1) is 23.6. The van der Waals surface area contributed by atoms with Gasteiger partial charge in [-0.25, -0.2) is 4.79 Å². The molecule has 2 heterocycles. The zero-order valence-electron chi connectivity index (χ0n) is 17.0. The van der Waals surface area contributed by atoms with Crippen molar-refractivity contribution >= 4 is 5.97 Å². The molecular weight excluding hydrogens is 393 g/mol. The zero-order chi connectivity index (χ0) is 21.7. The van der Waals surface area contributed by atoms with E-state index in [0.29, 0.717) is 5.92 Å². The van der Waals surface area contributed by atoms with E-state index in [-0.39, 0.29) is 5.60 Å². The molecule has 1 aliphatic carbocycles. The van der Waals surface area contributed by atoms with E-state index in [2.05, 4.69) is 17.0 Å². The number of morpholine rings is 1. The fourth-order valence-corrected chi connectivity index (χ4v) is 3.98. The summed E-state index contributed by atoms with van der Waals surface area (Å²) in [5.74, 6) is -1.29. The number of hydrogen-bond acceptors (Lipinski definition) is 6. The number of nitrogens with zero attached hydrogens (tertiary/aromatic N) is 2. The van der Waals surface area contributed by atoms with Crippen LogP contribution < -0.4 is 0 Å². The smallest absolute Gasteiger partial charge is 0.475 e. The first-order valence-corrected chi connectivity index (χ1v) is 9.75. The number of halogens is 3. The topological polar surface area (TPSA) is 85.0 Å². The number of rotatable bonds is 5. The Labute approximate surface area is 168 Å². The van der Waals surface area contributed by atoms with Crippen LogP contribution in [0.15, 0.2) is 4.52 Å². The van der Waals surface area contributed by atoms with Crippen LogP contribution in [0.2, 0.25) is 0 Å². The molecule has 1 aliphatic heterocycles. The normalized spacial score (nSPS) is 25.1. The van der Waals surface area contributed by atoms with Crippen LogP contribution in [0.1, 0.15) is 43.2 Å². The second kappa shape index (κ2) is 9.90. The Hall–Kier alpha value is -1.65. The summed E-state index contributed by atoms with van der Waals surface area (Å²) in [6.45, 7) is 11.4. The van der Waals surface area contributed by atoms with Gasteiger partial charge in [0.1, 0.15) is 5.76 Å². The summed E-state index contributed by atoms with van der Waals surface area (Å²) in [6.07, 6.45) is -1.46. The SMILES string of the molecule is CCOC[C@H]1CCC[C@]12CN(Cc1c(C)noc1C)CCO2.O=C(O)C(F)(F)F. The molecule has 0 bridgehead atoms. The maximum Gasteiger partial charge on any atom is 0.490 e. The Morgan fingerprint density at radius 3 is 2.66 bits per heavy atom. The third kappa shape index (κ3) is 6.16. The van der Waals surface area contributed by atoms with E-state index < -0.39 is 12.1 Å². The molecule has 166 valence electrons. The lowest BCUT2D eigenvalue weighted by atomic mass is 9.89. The van der Waals surface area contributed by atoms with Crippen molar-refractivity contribution in [2.24, 2.45) is 5.92 Å². The Bertz CT molecular complexity index is 660. The average Bonchev–Trinajstić information content (AvgIpc) is 3.17. The van der Waals surface area contributed by atoms with Crippen LogP contribution in [0.3, 0.4) is 0 Å². The third-order valence-corrected chi connectivity index (χ3v) is 5.51. The van der Waals surface area contributed by atoms with Crippen LogP contribution >= 0.6 is 0 Å². The van der Waals surface area contributed by atoms with E-state index in [1.807, 2.05) is 13.8 Å². The molecule has 1 N–H and O–H groups in total. The van der Waals surface area contributed by atoms with E-state index in [1.165, 1.54) is 18.4 Å². The largest absolute Gasteiger partial charge is 0.490 e. The van der Waals surface area contributed by atoms with Crippen molar-refractivity contribution in [1.29, 1.82) is 0 Å². The van der Waals surface area contributed by atoms with Crippen molar-refractivity contribution in [3.05, 3.63) is 17.0 Å². The summed E-state index contributed by atoms with van der Waals surface area (Å²) < 4.78 is 49.0. The molecule has 2 fully saturated rings. The first-order chi connectivity index (χ1) is 13.6. The molecule has 10 heteroatoms. The van der Waals surface area contributed by atoms with Gasteiger partial charge in [0.15, 0.2) is 0 Å². The van der Waals surface area contributed by atoms with E-state index in [1.54, 1.807) is 0 Å². The van der Waals surface area contributed by atoms with Crippen LogP contribution in [0.25, 0.3) is 0 Å². The molecule has 0 unspecified atom stereocenters. The third-order valence-electron chi connectivity index (χ3n) is 5.51. The van der Waals surface area contributed by atoms with Gasteiger partial charge in [0.25, 0.3) is 0 Å². The van der Waals surface area contributed by atoms with Gasteiger partial charge in [-0.05, 0) is 33.6 Å². The lowest BCUT2D eigenvalue weighted by Gasteiger charge is -2.44. The molecule has 7 nitrogen and oxygen atoms in total. The fraction of sp³-hybridized carbons (Fsp3) is 0.789. The first-order valence-electron chi connectivity index (χ1n) is 9.75. The van der Waals surface area contributed by atoms with Gasteiger partial charge in [0.2, 0.25) is 0 Å². The summed E-state index contributed by atoms with van der Waals surface area (Å²) >= 11 is 0. The van der Waals surface area contributed by atoms with Crippen molar-refractivity contribution < 1.29 is 37.1 Å². The highest BCUT2D eigenvalue weighted by Gasteiger charge is 2.47. The standard InChI is InChI=1S/C17H28N2O3.C2HF3O2/c1-4-20-11-15-6-5-7-17(15)12-19(8-9-21-17)10-16-13(2)18-22-14(16)3;3-2(4,5)1(6)7/h15H,4-12H2,1-3H3;(H,6,7)/t15-,17+;/m1./s1. The fourth-order valence-electron chi connectivity index (χ4n) is 3.98. The molecule has 3 rings (SSSR count). The van der Waals surface area contributed by atoms with E-state index in [0.717, 1.165) is 57.3 Å². The van der Waals surface area contributed by atoms with Gasteiger partial charge in [-0.3, -0.25) is 4.90 Å². The minimum atomic E-state index is -5.08. The molecule has 1 aromatic rings. The Kier molecular flexibility index (Phi) is 8.07. The van der Waals surface area contributed by atoms with Gasteiger partial charge in [-0.1, -0.05) is 11.6 Å². The number of carbonyl (C=O) groups is 1. The van der Waals surface area contributed by atoms with Gasteiger partial charge in [-0.15, -0.1) is 0 Å². The number of aryl methyl sites for hydroxylation is 2. The maximum atomic E-state index is 10.6. The molecule has 0 amide bonds. The van der Waals surface area contributed by atoms with E-state index in [9.17, 15) is 13.2 Å². The summed E-state index contributed by atoms with van der Waals surface area (Å²) in [7, 11) is 0. The molecule has 0 radical (unpaired) electrons. The highest BCUT2D eigenvalue weighted by molar-refractivity contribution is 5.73. The lowest BCUT2D eigenvalue weighted by molar-refractivity contribution is -0.192. The number of carboxylic acids is 1. The Balaban J connectivity index is 0.000000370. The second-order valence-electron chi connectivity index (χ2n) is 7.48. The highest BCUT2D eigenvalue weighted by Crippen LogP contribution is 2.41. The van der Waals surface area contributed by atoms with Crippen molar-refractivity contribution in [3.63, 3.8) is 0 Å². The lowest BCUT2D eigenvalue weighted by Crippen LogP contribution is -2.54. The number of ether oxygens (including phenoxy) is 2. The van der Waals surface area contributed by atoms with Crippen LogP contribution in [-0.2, 0) is 20.8 Å². The summed E-state index contributed by atoms with van der Waals surface area (Å²) in [5, 5.41) is 11.2. The molecule has 1 spiro atoms. The van der Waals surface area contributed by atoms with Gasteiger partial charge in [-0.2, -0.15) is 13.2 Å². The molecular formula is C19H29F3N2O5. The Morgan fingerprint density at radius 2 is 2.10 bits per heavy atom. The van der Waals surface area contributed by atoms with Gasteiger partial charge in [0.05, 0.1) is 24.5 Å². The summed E-state index contributed by atoms with van der Waals surface area (Å²) in [4.78, 5) is 11.4. The molecule has 2 aliphatic rings.